The van der Waals surface area contributed by atoms with Crippen LogP contribution in [-0.2, 0) is 0 Å². The van der Waals surface area contributed by atoms with Gasteiger partial charge < -0.3 is 9.64 Å². The number of hydrogen-bond acceptors (Lipinski definition) is 2. The van der Waals surface area contributed by atoms with Crippen LogP contribution < -0.4 is 4.74 Å². The van der Waals surface area contributed by atoms with Crippen LogP contribution in [0.1, 0.15) is 18.4 Å². The minimum atomic E-state index is 0.625. The summed E-state index contributed by atoms with van der Waals surface area (Å²) in [6.07, 6.45) is 4.36. The van der Waals surface area contributed by atoms with Crippen LogP contribution in [0.4, 0.5) is 0 Å². The summed E-state index contributed by atoms with van der Waals surface area (Å²) in [5.74, 6) is 0.833. The van der Waals surface area contributed by atoms with Gasteiger partial charge in [-0.3, -0.25) is 0 Å². The molecule has 0 atom stereocenters. The predicted octanol–water partition coefficient (Wildman–Crippen LogP) is 2.49. The molecule has 0 amide bonds. The number of methoxy groups -OCH3 is 1. The normalized spacial score (nSPS) is 15.5. The van der Waals surface area contributed by atoms with Crippen LogP contribution in [0.15, 0.2) is 29.3 Å². The van der Waals surface area contributed by atoms with Crippen molar-refractivity contribution in [3.63, 3.8) is 0 Å². The number of benzene rings is 1. The van der Waals surface area contributed by atoms with Crippen molar-refractivity contribution >= 4 is 23.5 Å². The molecule has 1 fully saturated rings. The molecule has 17 heavy (non-hydrogen) atoms. The summed E-state index contributed by atoms with van der Waals surface area (Å²) in [4.78, 5) is 7.15. The topological polar surface area (TPSA) is 24.8 Å². The number of hydrogen-bond donors (Lipinski definition) is 0. The van der Waals surface area contributed by atoms with Gasteiger partial charge in [0.2, 0.25) is 0 Å². The van der Waals surface area contributed by atoms with E-state index in [0.29, 0.717) is 4.99 Å². The third-order valence-corrected chi connectivity index (χ3v) is 3.16. The van der Waals surface area contributed by atoms with Gasteiger partial charge in [0, 0.05) is 18.7 Å². The maximum absolute atomic E-state index is 5.27. The molecule has 1 saturated heterocycles. The van der Waals surface area contributed by atoms with Gasteiger partial charge >= 0.3 is 0 Å². The van der Waals surface area contributed by atoms with Gasteiger partial charge in [0.15, 0.2) is 0 Å². The molecule has 1 heterocycles. The second-order valence-electron chi connectivity index (χ2n) is 4.02. The lowest BCUT2D eigenvalue weighted by molar-refractivity contribution is 0.415. The Morgan fingerprint density at radius 2 is 1.94 bits per heavy atom. The maximum atomic E-state index is 5.27. The van der Waals surface area contributed by atoms with Crippen molar-refractivity contribution in [2.75, 3.05) is 20.2 Å². The Labute approximate surface area is 107 Å². The number of nitrogens with zero attached hydrogens (tertiary/aromatic N) is 2. The predicted molar refractivity (Wildman–Crippen MR) is 74.0 cm³/mol. The van der Waals surface area contributed by atoms with Crippen LogP contribution in [0, 0.1) is 0 Å². The third-order valence-electron chi connectivity index (χ3n) is 2.82. The van der Waals surface area contributed by atoms with Gasteiger partial charge in [-0.15, -0.1) is 0 Å². The van der Waals surface area contributed by atoms with Crippen molar-refractivity contribution in [2.24, 2.45) is 4.99 Å². The maximum Gasteiger partial charge on any atom is 0.135 e. The molecule has 0 saturated carbocycles. The SMILES string of the molecule is COc1ccc(C(=S)N=CN2CCCC2)cc1. The second-order valence-corrected chi connectivity index (χ2v) is 4.41. The summed E-state index contributed by atoms with van der Waals surface area (Å²) in [6, 6.07) is 7.66. The summed E-state index contributed by atoms with van der Waals surface area (Å²) >= 11 is 5.27. The first kappa shape index (κ1) is 12.0. The zero-order valence-corrected chi connectivity index (χ0v) is 10.7. The molecule has 0 aliphatic carbocycles. The first-order valence-corrected chi connectivity index (χ1v) is 6.17. The molecule has 4 heteroatoms. The standard InChI is InChI=1S/C13H16N2OS/c1-16-12-6-4-11(5-7-12)13(17)14-10-15-8-2-3-9-15/h4-7,10H,2-3,8-9H2,1H3. The molecule has 0 spiro atoms. The summed E-state index contributed by atoms with van der Waals surface area (Å²) in [5.41, 5.74) is 0.955. The Balaban J connectivity index is 1.98. The zero-order valence-electron chi connectivity index (χ0n) is 9.93. The molecule has 1 aliphatic heterocycles. The molecule has 0 bridgehead atoms. The average molecular weight is 248 g/mol. The molecule has 0 radical (unpaired) electrons. The molecule has 0 aromatic heterocycles. The van der Waals surface area contributed by atoms with Crippen LogP contribution in [0.5, 0.6) is 5.75 Å². The highest BCUT2D eigenvalue weighted by Gasteiger charge is 2.07. The van der Waals surface area contributed by atoms with Crippen molar-refractivity contribution in [1.82, 2.24) is 4.90 Å². The van der Waals surface area contributed by atoms with Crippen molar-refractivity contribution < 1.29 is 4.74 Å². The van der Waals surface area contributed by atoms with Crippen molar-refractivity contribution in [2.45, 2.75) is 12.8 Å². The Bertz CT molecular complexity index is 408. The van der Waals surface area contributed by atoms with Crippen LogP contribution in [-0.4, -0.2) is 36.4 Å². The van der Waals surface area contributed by atoms with Crippen molar-refractivity contribution in [1.29, 1.82) is 0 Å². The largest absolute Gasteiger partial charge is 0.497 e. The molecular weight excluding hydrogens is 232 g/mol. The van der Waals surface area contributed by atoms with E-state index in [4.69, 9.17) is 17.0 Å². The quantitative estimate of drug-likeness (QED) is 0.467. The molecule has 1 aromatic carbocycles. The van der Waals surface area contributed by atoms with Crippen LogP contribution in [0.2, 0.25) is 0 Å². The Hall–Kier alpha value is -1.42. The zero-order chi connectivity index (χ0) is 12.1. The number of thiocarbonyl (C=S) groups is 1. The smallest absolute Gasteiger partial charge is 0.135 e. The third kappa shape index (κ3) is 3.27. The minimum absolute atomic E-state index is 0.625. The molecule has 1 aromatic rings. The van der Waals surface area contributed by atoms with E-state index >= 15 is 0 Å². The van der Waals surface area contributed by atoms with Crippen LogP contribution in [0.3, 0.4) is 0 Å². The van der Waals surface area contributed by atoms with E-state index < -0.39 is 0 Å². The van der Waals surface area contributed by atoms with E-state index in [1.807, 2.05) is 30.6 Å². The highest BCUT2D eigenvalue weighted by Crippen LogP contribution is 2.12. The molecule has 0 unspecified atom stereocenters. The van der Waals surface area contributed by atoms with E-state index in [2.05, 4.69) is 9.89 Å². The molecule has 0 N–H and O–H groups in total. The van der Waals surface area contributed by atoms with Gasteiger partial charge in [0.1, 0.15) is 10.7 Å². The highest BCUT2D eigenvalue weighted by atomic mass is 32.1. The summed E-state index contributed by atoms with van der Waals surface area (Å²) < 4.78 is 5.10. The first-order chi connectivity index (χ1) is 8.29. The molecule has 90 valence electrons. The number of ether oxygens (including phenoxy) is 1. The van der Waals surface area contributed by atoms with Crippen molar-refractivity contribution in [3.8, 4) is 5.75 Å². The van der Waals surface area contributed by atoms with Crippen LogP contribution >= 0.6 is 12.2 Å². The fourth-order valence-electron chi connectivity index (χ4n) is 1.80. The van der Waals surface area contributed by atoms with Gasteiger partial charge in [-0.25, -0.2) is 4.99 Å². The lowest BCUT2D eigenvalue weighted by Gasteiger charge is -2.09. The fraction of sp³-hybridized carbons (Fsp3) is 0.385. The van der Waals surface area contributed by atoms with E-state index in [1.54, 1.807) is 7.11 Å². The second kappa shape index (κ2) is 5.77. The van der Waals surface area contributed by atoms with Gasteiger partial charge in [0.25, 0.3) is 0 Å². The molecule has 1 aliphatic rings. The lowest BCUT2D eigenvalue weighted by Crippen LogP contribution is -2.17. The van der Waals surface area contributed by atoms with E-state index in [1.165, 1.54) is 12.8 Å². The number of likely N-dealkylation sites (tertiary alicyclic amines) is 1. The monoisotopic (exact) mass is 248 g/mol. The lowest BCUT2D eigenvalue weighted by atomic mass is 10.2. The fourth-order valence-corrected chi connectivity index (χ4v) is 1.98. The summed E-state index contributed by atoms with van der Waals surface area (Å²) in [6.45, 7) is 2.18. The van der Waals surface area contributed by atoms with E-state index in [9.17, 15) is 0 Å². The van der Waals surface area contributed by atoms with Gasteiger partial charge in [-0.1, -0.05) is 12.2 Å². The Kier molecular flexibility index (Phi) is 4.09. The molecule has 3 nitrogen and oxygen atoms in total. The van der Waals surface area contributed by atoms with E-state index in [0.717, 1.165) is 24.4 Å². The summed E-state index contributed by atoms with van der Waals surface area (Å²) in [7, 11) is 1.65. The van der Waals surface area contributed by atoms with Gasteiger partial charge in [0.05, 0.1) is 13.4 Å². The minimum Gasteiger partial charge on any atom is -0.497 e. The summed E-state index contributed by atoms with van der Waals surface area (Å²) in [5, 5.41) is 0. The van der Waals surface area contributed by atoms with Gasteiger partial charge in [-0.05, 0) is 37.1 Å². The van der Waals surface area contributed by atoms with E-state index in [-0.39, 0.29) is 0 Å². The first-order valence-electron chi connectivity index (χ1n) is 5.76. The highest BCUT2D eigenvalue weighted by molar-refractivity contribution is 7.80. The van der Waals surface area contributed by atoms with Crippen LogP contribution in [0.25, 0.3) is 0 Å². The number of aliphatic imine (C=N–C) groups is 1. The Morgan fingerprint density at radius 3 is 2.53 bits per heavy atom. The molecule has 2 rings (SSSR count). The average Bonchev–Trinajstić information content (AvgIpc) is 2.89. The number of rotatable bonds is 3. The van der Waals surface area contributed by atoms with Gasteiger partial charge in [-0.2, -0.15) is 0 Å². The Morgan fingerprint density at radius 1 is 1.29 bits per heavy atom. The molecular formula is C13H16N2OS. The van der Waals surface area contributed by atoms with Crippen molar-refractivity contribution in [3.05, 3.63) is 29.8 Å².